The molecule has 1 aromatic carbocycles. The fourth-order valence-corrected chi connectivity index (χ4v) is 2.27. The van der Waals surface area contributed by atoms with Gasteiger partial charge in [0.1, 0.15) is 0 Å². The van der Waals surface area contributed by atoms with Crippen molar-refractivity contribution in [1.82, 2.24) is 4.57 Å². The van der Waals surface area contributed by atoms with Crippen molar-refractivity contribution in [2.75, 3.05) is 13.2 Å². The molecule has 3 heteroatoms. The van der Waals surface area contributed by atoms with Crippen LogP contribution in [0, 0.1) is 6.92 Å². The number of hydrogen-bond donors (Lipinski definition) is 2. The molecule has 3 nitrogen and oxygen atoms in total. The predicted octanol–water partition coefficient (Wildman–Crippen LogP) is 1.83. The summed E-state index contributed by atoms with van der Waals surface area (Å²) in [4.78, 5) is 0. The molecule has 0 radical (unpaired) electrons. The quantitative estimate of drug-likeness (QED) is 0.826. The first-order chi connectivity index (χ1) is 8.26. The van der Waals surface area contributed by atoms with Crippen molar-refractivity contribution in [3.63, 3.8) is 0 Å². The van der Waals surface area contributed by atoms with Gasteiger partial charge in [-0.15, -0.1) is 0 Å². The summed E-state index contributed by atoms with van der Waals surface area (Å²) < 4.78 is 2.22. The monoisotopic (exact) mass is 232 g/mol. The Morgan fingerprint density at radius 3 is 2.88 bits per heavy atom. The SMILES string of the molecule is Cc1ccc2c(CCCO)cn(CCN)c2c1. The van der Waals surface area contributed by atoms with E-state index in [1.54, 1.807) is 0 Å². The molecule has 0 aliphatic carbocycles. The van der Waals surface area contributed by atoms with Gasteiger partial charge in [-0.2, -0.15) is 0 Å². The topological polar surface area (TPSA) is 51.2 Å². The van der Waals surface area contributed by atoms with Crippen LogP contribution in [0.1, 0.15) is 17.5 Å². The summed E-state index contributed by atoms with van der Waals surface area (Å²) in [6.45, 7) is 3.85. The van der Waals surface area contributed by atoms with Gasteiger partial charge in [-0.25, -0.2) is 0 Å². The van der Waals surface area contributed by atoms with Crippen molar-refractivity contribution >= 4 is 10.9 Å². The molecule has 0 aliphatic rings. The standard InChI is InChI=1S/C14H20N2O/c1-11-4-5-13-12(3-2-8-17)10-16(7-6-15)14(13)9-11/h4-5,9-10,17H,2-3,6-8,15H2,1H3. The maximum Gasteiger partial charge on any atom is 0.0486 e. The molecule has 0 amide bonds. The number of benzene rings is 1. The van der Waals surface area contributed by atoms with Crippen molar-refractivity contribution in [1.29, 1.82) is 0 Å². The maximum absolute atomic E-state index is 8.93. The Balaban J connectivity index is 2.46. The Labute approximate surface area is 102 Å². The number of nitrogens with two attached hydrogens (primary N) is 1. The van der Waals surface area contributed by atoms with E-state index in [1.807, 2.05) is 0 Å². The van der Waals surface area contributed by atoms with Crippen molar-refractivity contribution in [2.24, 2.45) is 5.73 Å². The lowest BCUT2D eigenvalue weighted by molar-refractivity contribution is 0.288. The van der Waals surface area contributed by atoms with Crippen LogP contribution in [0.25, 0.3) is 10.9 Å². The summed E-state index contributed by atoms with van der Waals surface area (Å²) in [6.07, 6.45) is 3.91. The van der Waals surface area contributed by atoms with Gasteiger partial charge < -0.3 is 15.4 Å². The zero-order chi connectivity index (χ0) is 12.3. The molecule has 1 heterocycles. The van der Waals surface area contributed by atoms with E-state index in [0.29, 0.717) is 6.54 Å². The van der Waals surface area contributed by atoms with E-state index in [-0.39, 0.29) is 6.61 Å². The molecule has 0 unspecified atom stereocenters. The minimum absolute atomic E-state index is 0.245. The van der Waals surface area contributed by atoms with Crippen LogP contribution in [0.4, 0.5) is 0 Å². The van der Waals surface area contributed by atoms with Crippen molar-refractivity contribution in [3.8, 4) is 0 Å². The number of aliphatic hydroxyl groups is 1. The molecule has 1 aromatic heterocycles. The lowest BCUT2D eigenvalue weighted by Gasteiger charge is -2.02. The zero-order valence-electron chi connectivity index (χ0n) is 10.3. The zero-order valence-corrected chi connectivity index (χ0v) is 10.3. The minimum atomic E-state index is 0.245. The molecule has 0 fully saturated rings. The molecule has 0 aliphatic heterocycles. The highest BCUT2D eigenvalue weighted by molar-refractivity contribution is 5.84. The summed E-state index contributed by atoms with van der Waals surface area (Å²) in [5.74, 6) is 0. The van der Waals surface area contributed by atoms with Gasteiger partial charge in [0.15, 0.2) is 0 Å². The lowest BCUT2D eigenvalue weighted by Crippen LogP contribution is -2.08. The summed E-state index contributed by atoms with van der Waals surface area (Å²) in [6, 6.07) is 6.51. The van der Waals surface area contributed by atoms with Gasteiger partial charge in [-0.3, -0.25) is 0 Å². The van der Waals surface area contributed by atoms with E-state index < -0.39 is 0 Å². The van der Waals surface area contributed by atoms with E-state index in [2.05, 4.69) is 35.9 Å². The van der Waals surface area contributed by atoms with Crippen molar-refractivity contribution in [2.45, 2.75) is 26.3 Å². The fourth-order valence-electron chi connectivity index (χ4n) is 2.27. The van der Waals surface area contributed by atoms with Crippen LogP contribution >= 0.6 is 0 Å². The molecule has 0 spiro atoms. The number of fused-ring (bicyclic) bond motifs is 1. The average Bonchev–Trinajstić information content (AvgIpc) is 2.65. The van der Waals surface area contributed by atoms with Gasteiger partial charge >= 0.3 is 0 Å². The highest BCUT2D eigenvalue weighted by atomic mass is 16.2. The smallest absolute Gasteiger partial charge is 0.0486 e. The minimum Gasteiger partial charge on any atom is -0.396 e. The van der Waals surface area contributed by atoms with Crippen LogP contribution in [-0.4, -0.2) is 22.8 Å². The second-order valence-electron chi connectivity index (χ2n) is 4.48. The Morgan fingerprint density at radius 1 is 1.35 bits per heavy atom. The van der Waals surface area contributed by atoms with Crippen LogP contribution in [0.15, 0.2) is 24.4 Å². The van der Waals surface area contributed by atoms with Crippen molar-refractivity contribution < 1.29 is 5.11 Å². The molecule has 2 rings (SSSR count). The Kier molecular flexibility index (Phi) is 3.82. The third kappa shape index (κ3) is 2.51. The first-order valence-electron chi connectivity index (χ1n) is 6.15. The van der Waals surface area contributed by atoms with E-state index in [1.165, 1.54) is 22.0 Å². The molecule has 0 atom stereocenters. The van der Waals surface area contributed by atoms with Gasteiger partial charge in [0, 0.05) is 36.8 Å². The van der Waals surface area contributed by atoms with Gasteiger partial charge in [-0.05, 0) is 37.0 Å². The van der Waals surface area contributed by atoms with Crippen LogP contribution in [0.3, 0.4) is 0 Å². The van der Waals surface area contributed by atoms with E-state index in [9.17, 15) is 0 Å². The summed E-state index contributed by atoms with van der Waals surface area (Å²) in [7, 11) is 0. The van der Waals surface area contributed by atoms with Gasteiger partial charge in [-0.1, -0.05) is 12.1 Å². The van der Waals surface area contributed by atoms with Gasteiger partial charge in [0.25, 0.3) is 0 Å². The summed E-state index contributed by atoms with van der Waals surface area (Å²) >= 11 is 0. The third-order valence-electron chi connectivity index (χ3n) is 3.09. The maximum atomic E-state index is 8.93. The molecule has 3 N–H and O–H groups in total. The molecule has 0 bridgehead atoms. The van der Waals surface area contributed by atoms with Gasteiger partial charge in [0.05, 0.1) is 0 Å². The van der Waals surface area contributed by atoms with E-state index >= 15 is 0 Å². The Bertz CT molecular complexity index is 502. The third-order valence-corrected chi connectivity index (χ3v) is 3.09. The number of rotatable bonds is 5. The highest BCUT2D eigenvalue weighted by Crippen LogP contribution is 2.23. The molecule has 0 saturated carbocycles. The Morgan fingerprint density at radius 2 is 2.18 bits per heavy atom. The van der Waals surface area contributed by atoms with Crippen LogP contribution in [-0.2, 0) is 13.0 Å². The van der Waals surface area contributed by atoms with Crippen LogP contribution in [0.5, 0.6) is 0 Å². The molecular formula is C14H20N2O. The first kappa shape index (κ1) is 12.1. The largest absolute Gasteiger partial charge is 0.396 e. The van der Waals surface area contributed by atoms with E-state index in [4.69, 9.17) is 10.8 Å². The van der Waals surface area contributed by atoms with Gasteiger partial charge in [0.2, 0.25) is 0 Å². The van der Waals surface area contributed by atoms with E-state index in [0.717, 1.165) is 19.4 Å². The van der Waals surface area contributed by atoms with Crippen LogP contribution < -0.4 is 5.73 Å². The number of aromatic nitrogens is 1. The number of hydrogen-bond acceptors (Lipinski definition) is 2. The van der Waals surface area contributed by atoms with Crippen LogP contribution in [0.2, 0.25) is 0 Å². The molecule has 17 heavy (non-hydrogen) atoms. The predicted molar refractivity (Wildman–Crippen MR) is 71.1 cm³/mol. The lowest BCUT2D eigenvalue weighted by atomic mass is 10.1. The first-order valence-corrected chi connectivity index (χ1v) is 6.15. The number of aliphatic hydroxyl groups excluding tert-OH is 1. The summed E-state index contributed by atoms with van der Waals surface area (Å²) in [5.41, 5.74) is 9.47. The normalized spacial score (nSPS) is 11.2. The second kappa shape index (κ2) is 5.34. The average molecular weight is 232 g/mol. The molecular weight excluding hydrogens is 212 g/mol. The second-order valence-corrected chi connectivity index (χ2v) is 4.48. The molecule has 92 valence electrons. The molecule has 2 aromatic rings. The number of nitrogens with zero attached hydrogens (tertiary/aromatic N) is 1. The molecule has 0 saturated heterocycles. The Hall–Kier alpha value is -1.32. The van der Waals surface area contributed by atoms with Crippen molar-refractivity contribution in [3.05, 3.63) is 35.5 Å². The highest BCUT2D eigenvalue weighted by Gasteiger charge is 2.07. The summed E-state index contributed by atoms with van der Waals surface area (Å²) in [5, 5.41) is 10.2. The number of aryl methyl sites for hydroxylation is 2. The fraction of sp³-hybridized carbons (Fsp3) is 0.429.